The Kier molecular flexibility index (Phi) is 4.98. The van der Waals surface area contributed by atoms with Crippen LogP contribution >= 0.6 is 0 Å². The zero-order chi connectivity index (χ0) is 13.6. The number of alkyl halides is 3. The minimum absolute atomic E-state index is 0.0202. The molecule has 0 fully saturated rings. The van der Waals surface area contributed by atoms with Crippen molar-refractivity contribution in [3.8, 4) is 11.8 Å². The molecule has 0 radical (unpaired) electrons. The van der Waals surface area contributed by atoms with Gasteiger partial charge in [-0.05, 0) is 31.2 Å². The maximum absolute atomic E-state index is 12.1. The summed E-state index contributed by atoms with van der Waals surface area (Å²) in [6.07, 6.45) is -6.16. The van der Waals surface area contributed by atoms with E-state index in [4.69, 9.17) is 10.00 Å². The van der Waals surface area contributed by atoms with E-state index in [1.165, 1.54) is 0 Å². The van der Waals surface area contributed by atoms with E-state index in [0.29, 0.717) is 11.3 Å². The van der Waals surface area contributed by atoms with Gasteiger partial charge in [-0.15, -0.1) is 0 Å². The summed E-state index contributed by atoms with van der Waals surface area (Å²) < 4.78 is 46.0. The van der Waals surface area contributed by atoms with Gasteiger partial charge < -0.3 is 9.47 Å². The third-order valence-electron chi connectivity index (χ3n) is 2.16. The lowest BCUT2D eigenvalue weighted by Crippen LogP contribution is -2.29. The zero-order valence-corrected chi connectivity index (χ0v) is 9.70. The molecule has 0 saturated carbocycles. The van der Waals surface area contributed by atoms with Crippen LogP contribution in [0.1, 0.15) is 12.5 Å². The first-order valence-corrected chi connectivity index (χ1v) is 5.25. The molecule has 0 heterocycles. The normalized spacial score (nSPS) is 12.8. The molecule has 98 valence electrons. The molecule has 0 N–H and O–H groups in total. The Balaban J connectivity index is 2.28. The van der Waals surface area contributed by atoms with E-state index in [2.05, 4.69) is 4.74 Å². The van der Waals surface area contributed by atoms with Crippen molar-refractivity contribution >= 4 is 0 Å². The summed E-state index contributed by atoms with van der Waals surface area (Å²) in [6.45, 7) is 0.814. The van der Waals surface area contributed by atoms with E-state index in [0.717, 1.165) is 6.92 Å². The highest BCUT2D eigenvalue weighted by atomic mass is 19.4. The van der Waals surface area contributed by atoms with Crippen LogP contribution in [0.4, 0.5) is 13.2 Å². The average Bonchev–Trinajstić information content (AvgIpc) is 2.34. The van der Waals surface area contributed by atoms with Gasteiger partial charge in [0.15, 0.2) is 6.10 Å². The van der Waals surface area contributed by atoms with Gasteiger partial charge in [0.05, 0.1) is 18.2 Å². The molecule has 1 atom stereocenters. The molecule has 3 nitrogen and oxygen atoms in total. The Bertz CT molecular complexity index is 409. The fourth-order valence-electron chi connectivity index (χ4n) is 1.10. The molecule has 1 aromatic rings. The number of rotatable bonds is 5. The van der Waals surface area contributed by atoms with Crippen molar-refractivity contribution in [3.05, 3.63) is 29.8 Å². The van der Waals surface area contributed by atoms with Gasteiger partial charge in [-0.2, -0.15) is 18.4 Å². The van der Waals surface area contributed by atoms with E-state index >= 15 is 0 Å². The molecule has 18 heavy (non-hydrogen) atoms. The number of halogens is 3. The van der Waals surface area contributed by atoms with Crippen LogP contribution in [0.5, 0.6) is 5.75 Å². The maximum atomic E-state index is 12.1. The third-order valence-corrected chi connectivity index (χ3v) is 2.16. The van der Waals surface area contributed by atoms with Gasteiger partial charge in [0.1, 0.15) is 12.4 Å². The highest BCUT2D eigenvalue weighted by Gasteiger charge is 2.36. The molecule has 0 amide bonds. The zero-order valence-electron chi connectivity index (χ0n) is 9.70. The topological polar surface area (TPSA) is 42.2 Å². The van der Waals surface area contributed by atoms with Gasteiger partial charge in [-0.25, -0.2) is 0 Å². The first-order chi connectivity index (χ1) is 8.43. The SMILES string of the molecule is CC(OCCOc1ccc(C#N)cc1)C(F)(F)F. The number of nitriles is 1. The van der Waals surface area contributed by atoms with E-state index in [-0.39, 0.29) is 13.2 Å². The molecule has 0 aliphatic rings. The standard InChI is InChI=1S/C12H12F3NO2/c1-9(12(13,14)15)17-6-7-18-11-4-2-10(8-16)3-5-11/h2-5,9H,6-7H2,1H3. The Morgan fingerprint density at radius 3 is 2.33 bits per heavy atom. The van der Waals surface area contributed by atoms with Crippen LogP contribution in [0.2, 0.25) is 0 Å². The second kappa shape index (κ2) is 6.26. The van der Waals surface area contributed by atoms with Crippen LogP contribution in [0.25, 0.3) is 0 Å². The number of benzene rings is 1. The first kappa shape index (κ1) is 14.3. The Labute approximate surface area is 103 Å². The molecule has 1 unspecified atom stereocenters. The molecule has 0 bridgehead atoms. The summed E-state index contributed by atoms with van der Waals surface area (Å²) in [4.78, 5) is 0. The molecule has 0 aliphatic carbocycles. The minimum atomic E-state index is -4.35. The van der Waals surface area contributed by atoms with Crippen molar-refractivity contribution < 1.29 is 22.6 Å². The summed E-state index contributed by atoms with van der Waals surface area (Å²) in [5, 5.41) is 8.56. The van der Waals surface area contributed by atoms with Crippen molar-refractivity contribution in [2.75, 3.05) is 13.2 Å². The van der Waals surface area contributed by atoms with E-state index in [1.807, 2.05) is 6.07 Å². The molecule has 0 aromatic heterocycles. The second-order valence-electron chi connectivity index (χ2n) is 3.54. The molecular weight excluding hydrogens is 247 g/mol. The number of nitrogens with zero attached hydrogens (tertiary/aromatic N) is 1. The molecular formula is C12H12F3NO2. The van der Waals surface area contributed by atoms with Crippen LogP contribution in [0.15, 0.2) is 24.3 Å². The largest absolute Gasteiger partial charge is 0.491 e. The van der Waals surface area contributed by atoms with Crippen LogP contribution < -0.4 is 4.74 Å². The summed E-state index contributed by atoms with van der Waals surface area (Å²) >= 11 is 0. The summed E-state index contributed by atoms with van der Waals surface area (Å²) in [6, 6.07) is 8.23. The van der Waals surface area contributed by atoms with Gasteiger partial charge in [0.2, 0.25) is 0 Å². The average molecular weight is 259 g/mol. The fraction of sp³-hybridized carbons (Fsp3) is 0.417. The van der Waals surface area contributed by atoms with E-state index < -0.39 is 12.3 Å². The van der Waals surface area contributed by atoms with Crippen molar-refractivity contribution in [1.29, 1.82) is 5.26 Å². The number of ether oxygens (including phenoxy) is 2. The van der Waals surface area contributed by atoms with E-state index in [9.17, 15) is 13.2 Å². The lowest BCUT2D eigenvalue weighted by molar-refractivity contribution is -0.215. The summed E-state index contributed by atoms with van der Waals surface area (Å²) in [5.41, 5.74) is 0.490. The van der Waals surface area contributed by atoms with Gasteiger partial charge in [0.25, 0.3) is 0 Å². The highest BCUT2D eigenvalue weighted by molar-refractivity contribution is 5.34. The van der Waals surface area contributed by atoms with Crippen molar-refractivity contribution in [3.63, 3.8) is 0 Å². The maximum Gasteiger partial charge on any atom is 0.414 e. The van der Waals surface area contributed by atoms with Crippen molar-refractivity contribution in [1.82, 2.24) is 0 Å². The van der Waals surface area contributed by atoms with Crippen molar-refractivity contribution in [2.45, 2.75) is 19.2 Å². The molecule has 1 aromatic carbocycles. The lowest BCUT2D eigenvalue weighted by atomic mass is 10.2. The van der Waals surface area contributed by atoms with Crippen LogP contribution in [0.3, 0.4) is 0 Å². The van der Waals surface area contributed by atoms with E-state index in [1.54, 1.807) is 24.3 Å². The smallest absolute Gasteiger partial charge is 0.414 e. The monoisotopic (exact) mass is 259 g/mol. The predicted octanol–water partition coefficient (Wildman–Crippen LogP) is 2.90. The lowest BCUT2D eigenvalue weighted by Gasteiger charge is -2.16. The van der Waals surface area contributed by atoms with Crippen LogP contribution in [0, 0.1) is 11.3 Å². The molecule has 0 aliphatic heterocycles. The summed E-state index contributed by atoms with van der Waals surface area (Å²) in [5.74, 6) is 0.484. The van der Waals surface area contributed by atoms with Crippen LogP contribution in [-0.4, -0.2) is 25.5 Å². The molecule has 1 rings (SSSR count). The van der Waals surface area contributed by atoms with Gasteiger partial charge in [-0.3, -0.25) is 0 Å². The van der Waals surface area contributed by atoms with Gasteiger partial charge in [0, 0.05) is 0 Å². The highest BCUT2D eigenvalue weighted by Crippen LogP contribution is 2.22. The third kappa shape index (κ3) is 4.63. The Morgan fingerprint density at radius 2 is 1.83 bits per heavy atom. The molecule has 0 spiro atoms. The Hall–Kier alpha value is -1.74. The molecule has 6 heteroatoms. The quantitative estimate of drug-likeness (QED) is 0.763. The number of hydrogen-bond donors (Lipinski definition) is 0. The fourth-order valence-corrected chi connectivity index (χ4v) is 1.10. The minimum Gasteiger partial charge on any atom is -0.491 e. The summed E-state index contributed by atoms with van der Waals surface area (Å²) in [7, 11) is 0. The predicted molar refractivity (Wildman–Crippen MR) is 58.1 cm³/mol. The Morgan fingerprint density at radius 1 is 1.22 bits per heavy atom. The second-order valence-corrected chi connectivity index (χ2v) is 3.54. The van der Waals surface area contributed by atoms with Crippen LogP contribution in [-0.2, 0) is 4.74 Å². The molecule has 0 saturated heterocycles. The number of hydrogen-bond acceptors (Lipinski definition) is 3. The van der Waals surface area contributed by atoms with Crippen molar-refractivity contribution in [2.24, 2.45) is 0 Å². The van der Waals surface area contributed by atoms with Gasteiger partial charge >= 0.3 is 6.18 Å². The first-order valence-electron chi connectivity index (χ1n) is 5.25. The van der Waals surface area contributed by atoms with Gasteiger partial charge in [-0.1, -0.05) is 0 Å².